The van der Waals surface area contributed by atoms with E-state index in [1.54, 1.807) is 7.11 Å². The van der Waals surface area contributed by atoms with E-state index in [1.807, 2.05) is 12.1 Å². The van der Waals surface area contributed by atoms with Crippen LogP contribution in [-0.2, 0) is 0 Å². The van der Waals surface area contributed by atoms with Crippen molar-refractivity contribution in [3.05, 3.63) is 71.8 Å². The first-order valence-corrected chi connectivity index (χ1v) is 7.10. The number of ether oxygens (including phenoxy) is 1. The number of hydrogen-bond acceptors (Lipinski definition) is 2. The van der Waals surface area contributed by atoms with Gasteiger partial charge in [0.05, 0.1) is 7.11 Å². The van der Waals surface area contributed by atoms with Gasteiger partial charge in [-0.1, -0.05) is 49.1 Å². The second-order valence-electron chi connectivity index (χ2n) is 5.23. The highest BCUT2D eigenvalue weighted by Gasteiger charge is 2.09. The van der Waals surface area contributed by atoms with Gasteiger partial charge < -0.3 is 10.1 Å². The minimum Gasteiger partial charge on any atom is -0.497 e. The molecule has 0 radical (unpaired) electrons. The summed E-state index contributed by atoms with van der Waals surface area (Å²) in [5, 5.41) is 3.31. The predicted octanol–water partition coefficient (Wildman–Crippen LogP) is 3.91. The lowest BCUT2D eigenvalue weighted by Crippen LogP contribution is -2.04. The molecule has 1 heterocycles. The highest BCUT2D eigenvalue weighted by molar-refractivity contribution is 5.68. The molecule has 2 aromatic carbocycles. The van der Waals surface area contributed by atoms with E-state index < -0.39 is 0 Å². The van der Waals surface area contributed by atoms with Gasteiger partial charge in [0.25, 0.3) is 0 Å². The summed E-state index contributed by atoms with van der Waals surface area (Å²) < 4.78 is 5.19. The maximum atomic E-state index is 5.19. The molecule has 2 heteroatoms. The fourth-order valence-corrected chi connectivity index (χ4v) is 2.50. The monoisotopic (exact) mass is 277 g/mol. The molecular formula is C19H19NO. The summed E-state index contributed by atoms with van der Waals surface area (Å²) in [7, 11) is 1.68. The molecule has 0 saturated carbocycles. The van der Waals surface area contributed by atoms with E-state index in [0.717, 1.165) is 18.8 Å². The Morgan fingerprint density at radius 2 is 1.57 bits per heavy atom. The Balaban J connectivity index is 1.81. The minimum atomic E-state index is 0.882. The van der Waals surface area contributed by atoms with Crippen molar-refractivity contribution >= 4 is 6.08 Å². The third-order valence-corrected chi connectivity index (χ3v) is 3.78. The Morgan fingerprint density at radius 1 is 0.952 bits per heavy atom. The molecule has 0 amide bonds. The summed E-state index contributed by atoms with van der Waals surface area (Å²) in [4.78, 5) is 0. The van der Waals surface area contributed by atoms with Gasteiger partial charge in [0, 0.05) is 13.1 Å². The Kier molecular flexibility index (Phi) is 3.89. The van der Waals surface area contributed by atoms with Crippen LogP contribution in [0.2, 0.25) is 0 Å². The summed E-state index contributed by atoms with van der Waals surface area (Å²) in [6, 6.07) is 16.7. The minimum absolute atomic E-state index is 0.882. The summed E-state index contributed by atoms with van der Waals surface area (Å²) in [6.45, 7) is 5.88. The van der Waals surface area contributed by atoms with E-state index in [2.05, 4.69) is 54.4 Å². The third kappa shape index (κ3) is 3.06. The summed E-state index contributed by atoms with van der Waals surface area (Å²) in [5.74, 6) is 0.882. The van der Waals surface area contributed by atoms with Crippen molar-refractivity contribution in [2.45, 2.75) is 0 Å². The van der Waals surface area contributed by atoms with E-state index in [1.165, 1.54) is 27.8 Å². The normalized spacial score (nSPS) is 16.4. The molecule has 1 aliphatic rings. The molecule has 1 fully saturated rings. The van der Waals surface area contributed by atoms with Gasteiger partial charge in [0.15, 0.2) is 0 Å². The first-order chi connectivity index (χ1) is 10.3. The SMILES string of the molecule is C=C1CNCC1=Cc1ccc(-c2ccc(OC)cc2)cc1. The van der Waals surface area contributed by atoms with Crippen LogP contribution in [-0.4, -0.2) is 20.2 Å². The number of rotatable bonds is 3. The van der Waals surface area contributed by atoms with Crippen molar-refractivity contribution in [1.29, 1.82) is 0 Å². The molecule has 1 aliphatic heterocycles. The van der Waals surface area contributed by atoms with E-state index in [0.29, 0.717) is 0 Å². The van der Waals surface area contributed by atoms with Crippen LogP contribution in [0, 0.1) is 0 Å². The Morgan fingerprint density at radius 3 is 2.10 bits per heavy atom. The zero-order valence-electron chi connectivity index (χ0n) is 12.2. The topological polar surface area (TPSA) is 21.3 Å². The Bertz CT molecular complexity index is 666. The van der Waals surface area contributed by atoms with Crippen molar-refractivity contribution in [2.75, 3.05) is 20.2 Å². The van der Waals surface area contributed by atoms with Crippen LogP contribution in [0.5, 0.6) is 5.75 Å². The molecular weight excluding hydrogens is 258 g/mol. The maximum absolute atomic E-state index is 5.19. The Labute approximate surface area is 125 Å². The second-order valence-corrected chi connectivity index (χ2v) is 5.23. The summed E-state index contributed by atoms with van der Waals surface area (Å²) >= 11 is 0. The predicted molar refractivity (Wildman–Crippen MR) is 88.4 cm³/mol. The smallest absolute Gasteiger partial charge is 0.118 e. The summed E-state index contributed by atoms with van der Waals surface area (Å²) in [6.07, 6.45) is 2.21. The fraction of sp³-hybridized carbons (Fsp3) is 0.158. The molecule has 21 heavy (non-hydrogen) atoms. The van der Waals surface area contributed by atoms with Crippen LogP contribution in [0.4, 0.5) is 0 Å². The molecule has 0 unspecified atom stereocenters. The number of methoxy groups -OCH3 is 1. The van der Waals surface area contributed by atoms with Gasteiger partial charge in [-0.3, -0.25) is 0 Å². The van der Waals surface area contributed by atoms with Crippen LogP contribution in [0.1, 0.15) is 5.56 Å². The van der Waals surface area contributed by atoms with Crippen molar-refractivity contribution in [1.82, 2.24) is 5.32 Å². The van der Waals surface area contributed by atoms with Gasteiger partial charge in [-0.05, 0) is 40.0 Å². The number of hydrogen-bond donors (Lipinski definition) is 1. The average Bonchev–Trinajstić information content (AvgIpc) is 2.93. The van der Waals surface area contributed by atoms with Gasteiger partial charge in [-0.2, -0.15) is 0 Å². The fourth-order valence-electron chi connectivity index (χ4n) is 2.50. The van der Waals surface area contributed by atoms with E-state index in [9.17, 15) is 0 Å². The molecule has 106 valence electrons. The van der Waals surface area contributed by atoms with Crippen molar-refractivity contribution in [2.24, 2.45) is 0 Å². The molecule has 0 atom stereocenters. The zero-order valence-corrected chi connectivity index (χ0v) is 12.2. The van der Waals surface area contributed by atoms with Crippen LogP contribution in [0.25, 0.3) is 17.2 Å². The lowest BCUT2D eigenvalue weighted by molar-refractivity contribution is 0.415. The molecule has 0 bridgehead atoms. The van der Waals surface area contributed by atoms with Gasteiger partial charge >= 0.3 is 0 Å². The van der Waals surface area contributed by atoms with Gasteiger partial charge in [0.2, 0.25) is 0 Å². The van der Waals surface area contributed by atoms with Crippen LogP contribution >= 0.6 is 0 Å². The van der Waals surface area contributed by atoms with Crippen molar-refractivity contribution in [3.63, 3.8) is 0 Å². The molecule has 3 rings (SSSR count). The molecule has 0 spiro atoms. The molecule has 2 aromatic rings. The number of benzene rings is 2. The first-order valence-electron chi connectivity index (χ1n) is 7.10. The quantitative estimate of drug-likeness (QED) is 0.918. The van der Waals surface area contributed by atoms with E-state index >= 15 is 0 Å². The third-order valence-electron chi connectivity index (χ3n) is 3.78. The zero-order chi connectivity index (χ0) is 14.7. The first kappa shape index (κ1) is 13.7. The molecule has 1 saturated heterocycles. The molecule has 2 nitrogen and oxygen atoms in total. The van der Waals surface area contributed by atoms with E-state index in [4.69, 9.17) is 4.74 Å². The van der Waals surface area contributed by atoms with E-state index in [-0.39, 0.29) is 0 Å². The molecule has 1 N–H and O–H groups in total. The van der Waals surface area contributed by atoms with Crippen LogP contribution in [0.3, 0.4) is 0 Å². The average molecular weight is 277 g/mol. The number of nitrogens with one attached hydrogen (secondary N) is 1. The van der Waals surface area contributed by atoms with Gasteiger partial charge in [-0.25, -0.2) is 0 Å². The lowest BCUT2D eigenvalue weighted by Gasteiger charge is -2.05. The molecule has 0 aliphatic carbocycles. The lowest BCUT2D eigenvalue weighted by atomic mass is 10.0. The van der Waals surface area contributed by atoms with Crippen LogP contribution in [0.15, 0.2) is 66.3 Å². The highest BCUT2D eigenvalue weighted by atomic mass is 16.5. The van der Waals surface area contributed by atoms with Gasteiger partial charge in [-0.15, -0.1) is 0 Å². The molecule has 0 aromatic heterocycles. The Hall–Kier alpha value is -2.32. The second kappa shape index (κ2) is 5.98. The largest absolute Gasteiger partial charge is 0.497 e. The maximum Gasteiger partial charge on any atom is 0.118 e. The van der Waals surface area contributed by atoms with Gasteiger partial charge in [0.1, 0.15) is 5.75 Å². The van der Waals surface area contributed by atoms with Crippen molar-refractivity contribution in [3.8, 4) is 16.9 Å². The highest BCUT2D eigenvalue weighted by Crippen LogP contribution is 2.24. The summed E-state index contributed by atoms with van der Waals surface area (Å²) in [5.41, 5.74) is 6.11. The van der Waals surface area contributed by atoms with Crippen molar-refractivity contribution < 1.29 is 4.74 Å². The standard InChI is InChI=1S/C19H19NO/c1-14-12-20-13-18(14)11-15-3-5-16(6-4-15)17-7-9-19(21-2)10-8-17/h3-11,20H,1,12-13H2,2H3. The van der Waals surface area contributed by atoms with Crippen LogP contribution < -0.4 is 10.1 Å².